The van der Waals surface area contributed by atoms with E-state index in [2.05, 4.69) is 24.9 Å². The summed E-state index contributed by atoms with van der Waals surface area (Å²) < 4.78 is 3.17. The number of rotatable bonds is 2. The molecule has 0 N–H and O–H groups in total. The van der Waals surface area contributed by atoms with Crippen LogP contribution in [0.15, 0.2) is 41.3 Å². The van der Waals surface area contributed by atoms with Crippen LogP contribution in [0.3, 0.4) is 0 Å². The first-order valence-corrected chi connectivity index (χ1v) is 7.11. The first-order chi connectivity index (χ1) is 10.5. The Morgan fingerprint density at radius 2 is 1.95 bits per heavy atom. The van der Waals surface area contributed by atoms with E-state index in [1.54, 1.807) is 40.6 Å². The molecule has 3 rings (SSSR count). The number of pyridine rings is 1. The summed E-state index contributed by atoms with van der Waals surface area (Å²) in [5.74, 6) is 0.344. The lowest BCUT2D eigenvalue weighted by atomic mass is 10.1. The quantitative estimate of drug-likeness (QED) is 0.729. The van der Waals surface area contributed by atoms with Gasteiger partial charge in [0.05, 0.1) is 34.6 Å². The normalized spacial score (nSPS) is 11.0. The molecule has 2 heterocycles. The summed E-state index contributed by atoms with van der Waals surface area (Å²) in [6.45, 7) is 4.16. The highest BCUT2D eigenvalue weighted by atomic mass is 16.1. The molecule has 0 atom stereocenters. The second kappa shape index (κ2) is 5.15. The van der Waals surface area contributed by atoms with E-state index in [1.165, 1.54) is 0 Å². The summed E-state index contributed by atoms with van der Waals surface area (Å²) in [4.78, 5) is 16.9. The molecule has 5 nitrogen and oxygen atoms in total. The molecule has 0 bridgehead atoms. The van der Waals surface area contributed by atoms with Crippen molar-refractivity contribution in [2.24, 2.45) is 7.05 Å². The van der Waals surface area contributed by atoms with Crippen molar-refractivity contribution < 1.29 is 0 Å². The predicted octanol–water partition coefficient (Wildman–Crippen LogP) is 2.72. The molecule has 0 aliphatic rings. The molecule has 0 fully saturated rings. The van der Waals surface area contributed by atoms with Crippen LogP contribution in [0.4, 0.5) is 0 Å². The van der Waals surface area contributed by atoms with E-state index in [1.807, 2.05) is 12.1 Å². The maximum atomic E-state index is 12.5. The van der Waals surface area contributed by atoms with E-state index in [9.17, 15) is 4.79 Å². The Morgan fingerprint density at radius 1 is 1.18 bits per heavy atom. The maximum absolute atomic E-state index is 12.5. The zero-order valence-electron chi connectivity index (χ0n) is 12.7. The molecule has 0 aliphatic heterocycles. The molecule has 2 aromatic heterocycles. The molecule has 0 amide bonds. The third-order valence-electron chi connectivity index (χ3n) is 3.81. The maximum Gasteiger partial charge on any atom is 0.333 e. The average molecular weight is 292 g/mol. The van der Waals surface area contributed by atoms with Crippen LogP contribution in [0.1, 0.15) is 31.0 Å². The van der Waals surface area contributed by atoms with E-state index in [-0.39, 0.29) is 5.69 Å². The number of fused-ring (bicyclic) bond motifs is 1. The van der Waals surface area contributed by atoms with Gasteiger partial charge in [-0.25, -0.2) is 4.79 Å². The molecule has 0 unspecified atom stereocenters. The molecule has 22 heavy (non-hydrogen) atoms. The van der Waals surface area contributed by atoms with Crippen molar-refractivity contribution in [3.05, 3.63) is 58.3 Å². The van der Waals surface area contributed by atoms with Crippen molar-refractivity contribution in [1.29, 1.82) is 5.26 Å². The van der Waals surface area contributed by atoms with Gasteiger partial charge in [0.15, 0.2) is 0 Å². The zero-order valence-corrected chi connectivity index (χ0v) is 12.7. The van der Waals surface area contributed by atoms with Crippen molar-refractivity contribution in [3.63, 3.8) is 0 Å². The van der Waals surface area contributed by atoms with Crippen LogP contribution in [-0.4, -0.2) is 14.1 Å². The summed E-state index contributed by atoms with van der Waals surface area (Å²) in [6.07, 6.45) is 1.72. The van der Waals surface area contributed by atoms with E-state index >= 15 is 0 Å². The molecule has 0 radical (unpaired) electrons. The summed E-state index contributed by atoms with van der Waals surface area (Å²) in [5, 5.41) is 9.01. The summed E-state index contributed by atoms with van der Waals surface area (Å²) in [6, 6.07) is 11.2. The van der Waals surface area contributed by atoms with Crippen molar-refractivity contribution in [1.82, 2.24) is 14.1 Å². The second-order valence-corrected chi connectivity index (χ2v) is 5.59. The van der Waals surface area contributed by atoms with Gasteiger partial charge in [-0.3, -0.25) is 14.1 Å². The SMILES string of the molecule is CC(C)c1ccc(-n2c(=O)n(C)c3cc(C#N)ccc32)cn1. The van der Waals surface area contributed by atoms with Gasteiger partial charge in [0.25, 0.3) is 0 Å². The van der Waals surface area contributed by atoms with Gasteiger partial charge < -0.3 is 0 Å². The number of aromatic nitrogens is 3. The lowest BCUT2D eigenvalue weighted by Crippen LogP contribution is -2.21. The first-order valence-electron chi connectivity index (χ1n) is 7.11. The second-order valence-electron chi connectivity index (χ2n) is 5.59. The summed E-state index contributed by atoms with van der Waals surface area (Å²) >= 11 is 0. The molecule has 0 saturated carbocycles. The van der Waals surface area contributed by atoms with Crippen molar-refractivity contribution >= 4 is 11.0 Å². The highest BCUT2D eigenvalue weighted by molar-refractivity contribution is 5.79. The van der Waals surface area contributed by atoms with Gasteiger partial charge in [-0.15, -0.1) is 0 Å². The van der Waals surface area contributed by atoms with Gasteiger partial charge in [-0.05, 0) is 36.2 Å². The minimum Gasteiger partial charge on any atom is -0.295 e. The highest BCUT2D eigenvalue weighted by Crippen LogP contribution is 2.19. The fourth-order valence-corrected chi connectivity index (χ4v) is 2.53. The van der Waals surface area contributed by atoms with Gasteiger partial charge in [-0.1, -0.05) is 13.8 Å². The van der Waals surface area contributed by atoms with Gasteiger partial charge in [0, 0.05) is 12.7 Å². The van der Waals surface area contributed by atoms with Gasteiger partial charge >= 0.3 is 5.69 Å². The number of nitriles is 1. The molecule has 3 aromatic rings. The van der Waals surface area contributed by atoms with Crippen LogP contribution in [-0.2, 0) is 7.05 Å². The van der Waals surface area contributed by atoms with E-state index < -0.39 is 0 Å². The fraction of sp³-hybridized carbons (Fsp3) is 0.235. The van der Waals surface area contributed by atoms with E-state index in [0.29, 0.717) is 11.5 Å². The van der Waals surface area contributed by atoms with Crippen LogP contribution in [0.2, 0.25) is 0 Å². The van der Waals surface area contributed by atoms with Crippen molar-refractivity contribution in [3.8, 4) is 11.8 Å². The predicted molar refractivity (Wildman–Crippen MR) is 85.1 cm³/mol. The van der Waals surface area contributed by atoms with Crippen LogP contribution in [0, 0.1) is 11.3 Å². The lowest BCUT2D eigenvalue weighted by molar-refractivity contribution is 0.812. The molecule has 0 aliphatic carbocycles. The topological polar surface area (TPSA) is 63.6 Å². The Morgan fingerprint density at radius 3 is 2.55 bits per heavy atom. The minimum absolute atomic E-state index is 0.149. The number of hydrogen-bond donors (Lipinski definition) is 0. The minimum atomic E-state index is -0.149. The van der Waals surface area contributed by atoms with Gasteiger partial charge in [0.2, 0.25) is 0 Å². The summed E-state index contributed by atoms with van der Waals surface area (Å²) in [7, 11) is 1.71. The molecule has 5 heteroatoms. The van der Waals surface area contributed by atoms with Crippen LogP contribution >= 0.6 is 0 Å². The fourth-order valence-electron chi connectivity index (χ4n) is 2.53. The Labute approximate surface area is 128 Å². The smallest absolute Gasteiger partial charge is 0.295 e. The Bertz CT molecular complexity index is 940. The number of imidazole rings is 1. The van der Waals surface area contributed by atoms with Crippen molar-refractivity contribution in [2.45, 2.75) is 19.8 Å². The zero-order chi connectivity index (χ0) is 15.9. The van der Waals surface area contributed by atoms with Crippen LogP contribution in [0.25, 0.3) is 16.7 Å². The van der Waals surface area contributed by atoms with Gasteiger partial charge in [0.1, 0.15) is 0 Å². The molecule has 0 saturated heterocycles. The van der Waals surface area contributed by atoms with Crippen LogP contribution in [0.5, 0.6) is 0 Å². The van der Waals surface area contributed by atoms with Gasteiger partial charge in [-0.2, -0.15) is 5.26 Å². The third kappa shape index (κ3) is 2.09. The molecule has 0 spiro atoms. The monoisotopic (exact) mass is 292 g/mol. The van der Waals surface area contributed by atoms with Crippen molar-refractivity contribution in [2.75, 3.05) is 0 Å². The Balaban J connectivity index is 2.25. The third-order valence-corrected chi connectivity index (χ3v) is 3.81. The first kappa shape index (κ1) is 14.1. The number of aryl methyl sites for hydroxylation is 1. The summed E-state index contributed by atoms with van der Waals surface area (Å²) in [5.41, 5.74) is 3.61. The molecule has 110 valence electrons. The number of hydrogen-bond acceptors (Lipinski definition) is 3. The van der Waals surface area contributed by atoms with Crippen LogP contribution < -0.4 is 5.69 Å². The standard InChI is InChI=1S/C17H16N4O/c1-11(2)14-6-5-13(10-19-14)21-15-7-4-12(9-18)8-16(15)20(3)17(21)22/h4-8,10-11H,1-3H3. The largest absolute Gasteiger partial charge is 0.333 e. The Hall–Kier alpha value is -2.87. The van der Waals surface area contributed by atoms with E-state index in [4.69, 9.17) is 5.26 Å². The highest BCUT2D eigenvalue weighted by Gasteiger charge is 2.13. The van der Waals surface area contributed by atoms with E-state index in [0.717, 1.165) is 22.4 Å². The number of benzene rings is 1. The average Bonchev–Trinajstić information content (AvgIpc) is 2.78. The number of nitrogens with zero attached hydrogens (tertiary/aromatic N) is 4. The Kier molecular flexibility index (Phi) is 3.30. The molecular formula is C17H16N4O. The lowest BCUT2D eigenvalue weighted by Gasteiger charge is -2.07. The molecular weight excluding hydrogens is 276 g/mol. The molecule has 1 aromatic carbocycles.